The molecule has 2 N–H and O–H groups in total. The summed E-state index contributed by atoms with van der Waals surface area (Å²) >= 11 is 1.96. The van der Waals surface area contributed by atoms with Gasteiger partial charge in [0.15, 0.2) is 11.8 Å². The van der Waals surface area contributed by atoms with E-state index in [0.717, 1.165) is 17.8 Å². The maximum absolute atomic E-state index is 5.48. The molecule has 0 spiro atoms. The number of nitrogens with zero attached hydrogens (tertiary/aromatic N) is 3. The number of guanidine groups is 1. The molecule has 0 saturated heterocycles. The minimum absolute atomic E-state index is 0. The van der Waals surface area contributed by atoms with Crippen LogP contribution in [-0.2, 0) is 11.3 Å². The van der Waals surface area contributed by atoms with Gasteiger partial charge in [0.25, 0.3) is 0 Å². The van der Waals surface area contributed by atoms with Crippen molar-refractivity contribution in [3.05, 3.63) is 11.7 Å². The van der Waals surface area contributed by atoms with Crippen molar-refractivity contribution in [2.45, 2.75) is 70.4 Å². The smallest absolute Gasteiger partial charge is 0.248 e. The highest BCUT2D eigenvalue weighted by molar-refractivity contribution is 14.0. The molecule has 0 bridgehead atoms. The van der Waals surface area contributed by atoms with Crippen molar-refractivity contribution >= 4 is 41.7 Å². The number of nitrogens with one attached hydrogen (secondary N) is 2. The minimum atomic E-state index is -0.163. The molecule has 1 saturated carbocycles. The molecule has 150 valence electrons. The molecule has 1 aromatic heterocycles. The van der Waals surface area contributed by atoms with Crippen LogP contribution in [0.5, 0.6) is 0 Å². The minimum Gasteiger partial charge on any atom is -0.371 e. The van der Waals surface area contributed by atoms with Crippen molar-refractivity contribution in [2.75, 3.05) is 19.4 Å². The van der Waals surface area contributed by atoms with Crippen LogP contribution in [-0.4, -0.2) is 46.8 Å². The van der Waals surface area contributed by atoms with Crippen molar-refractivity contribution in [2.24, 2.45) is 4.99 Å². The highest BCUT2D eigenvalue weighted by atomic mass is 127. The number of ether oxygens (including phenoxy) is 1. The van der Waals surface area contributed by atoms with Crippen LogP contribution in [0.15, 0.2) is 9.52 Å². The Balaban J connectivity index is 0.00000338. The lowest BCUT2D eigenvalue weighted by Crippen LogP contribution is -2.45. The van der Waals surface area contributed by atoms with E-state index < -0.39 is 0 Å². The second-order valence-corrected chi connectivity index (χ2v) is 7.34. The van der Waals surface area contributed by atoms with Crippen LogP contribution in [0.3, 0.4) is 0 Å². The lowest BCUT2D eigenvalue weighted by atomic mass is 9.95. The predicted octanol–water partition coefficient (Wildman–Crippen LogP) is 3.51. The number of aliphatic imine (C=N–C) groups is 1. The van der Waals surface area contributed by atoms with Gasteiger partial charge in [0.05, 0.1) is 0 Å². The topological polar surface area (TPSA) is 84.6 Å². The van der Waals surface area contributed by atoms with E-state index >= 15 is 0 Å². The molecular weight excluding hydrogens is 465 g/mol. The molecule has 3 atom stereocenters. The number of hydrogen-bond donors (Lipinski definition) is 2. The van der Waals surface area contributed by atoms with Crippen LogP contribution in [0.25, 0.3) is 0 Å². The van der Waals surface area contributed by atoms with Crippen LogP contribution in [0, 0.1) is 0 Å². The molecule has 26 heavy (non-hydrogen) atoms. The van der Waals surface area contributed by atoms with Gasteiger partial charge >= 0.3 is 0 Å². The third kappa shape index (κ3) is 7.59. The molecule has 1 aliphatic rings. The molecule has 9 heteroatoms. The summed E-state index contributed by atoms with van der Waals surface area (Å²) in [6.07, 6.45) is 6.99. The maximum Gasteiger partial charge on any atom is 0.248 e. The van der Waals surface area contributed by atoms with Crippen LogP contribution in [0.4, 0.5) is 0 Å². The van der Waals surface area contributed by atoms with Gasteiger partial charge in [-0.15, -0.1) is 24.0 Å². The third-order valence-electron chi connectivity index (χ3n) is 4.28. The summed E-state index contributed by atoms with van der Waals surface area (Å²) in [6, 6.07) is 0.472. The molecule has 0 aromatic carbocycles. The fraction of sp³-hybridized carbons (Fsp3) is 0.824. The van der Waals surface area contributed by atoms with Gasteiger partial charge in [-0.3, -0.25) is 0 Å². The van der Waals surface area contributed by atoms with Crippen LogP contribution < -0.4 is 10.6 Å². The monoisotopic (exact) mass is 497 g/mol. The number of thioether (sulfide) groups is 1. The summed E-state index contributed by atoms with van der Waals surface area (Å²) in [7, 11) is 0. The van der Waals surface area contributed by atoms with Gasteiger partial charge < -0.3 is 19.9 Å². The first-order chi connectivity index (χ1) is 12.2. The van der Waals surface area contributed by atoms with E-state index in [4.69, 9.17) is 9.26 Å². The Morgan fingerprint density at radius 1 is 1.42 bits per heavy atom. The molecular formula is C17H32IN5O2S. The van der Waals surface area contributed by atoms with E-state index in [9.17, 15) is 0 Å². The van der Waals surface area contributed by atoms with Gasteiger partial charge in [0, 0.05) is 24.4 Å². The molecule has 1 aliphatic carbocycles. The molecule has 0 radical (unpaired) electrons. The number of halogens is 1. The van der Waals surface area contributed by atoms with Crippen molar-refractivity contribution in [1.82, 2.24) is 20.8 Å². The summed E-state index contributed by atoms with van der Waals surface area (Å²) in [4.78, 5) is 8.96. The van der Waals surface area contributed by atoms with Gasteiger partial charge in [-0.1, -0.05) is 11.6 Å². The van der Waals surface area contributed by atoms with Gasteiger partial charge in [0.1, 0.15) is 12.6 Å². The van der Waals surface area contributed by atoms with Gasteiger partial charge in [0.2, 0.25) is 5.89 Å². The van der Waals surface area contributed by atoms with Crippen molar-refractivity contribution < 1.29 is 9.26 Å². The quantitative estimate of drug-likeness (QED) is 0.323. The highest BCUT2D eigenvalue weighted by Gasteiger charge is 2.22. The normalized spacial score (nSPS) is 21.8. The number of rotatable bonds is 8. The second-order valence-electron chi connectivity index (χ2n) is 6.20. The molecule has 0 aliphatic heterocycles. The fourth-order valence-electron chi connectivity index (χ4n) is 2.97. The van der Waals surface area contributed by atoms with E-state index in [1.807, 2.05) is 25.6 Å². The highest BCUT2D eigenvalue weighted by Crippen LogP contribution is 2.26. The zero-order chi connectivity index (χ0) is 18.1. The molecule has 3 unspecified atom stereocenters. The van der Waals surface area contributed by atoms with E-state index in [2.05, 4.69) is 38.9 Å². The van der Waals surface area contributed by atoms with E-state index in [1.54, 1.807) is 0 Å². The largest absolute Gasteiger partial charge is 0.371 e. The van der Waals surface area contributed by atoms with E-state index in [0.29, 0.717) is 30.9 Å². The maximum atomic E-state index is 5.48. The summed E-state index contributed by atoms with van der Waals surface area (Å²) in [6.45, 7) is 7.73. The van der Waals surface area contributed by atoms with Crippen molar-refractivity contribution in [3.63, 3.8) is 0 Å². The zero-order valence-electron chi connectivity index (χ0n) is 16.2. The van der Waals surface area contributed by atoms with Gasteiger partial charge in [-0.2, -0.15) is 16.7 Å². The Kier molecular flexibility index (Phi) is 11.5. The SMILES string of the molecule is CCNC(=NCc1nc(C(C)OCC)no1)NC1CCCC(SC)C1.I. The Hall–Kier alpha value is -0.550. The summed E-state index contributed by atoms with van der Waals surface area (Å²) < 4.78 is 10.8. The summed E-state index contributed by atoms with van der Waals surface area (Å²) in [5.41, 5.74) is 0. The standard InChI is InChI=1S/C17H31N5O2S.HI/c1-5-18-17(20-13-8-7-9-14(10-13)25-4)19-11-15-21-16(22-24-15)12(3)23-6-2;/h12-14H,5-11H2,1-4H3,(H2,18,19,20);1H. The molecule has 1 heterocycles. The second kappa shape index (κ2) is 12.8. The average molecular weight is 497 g/mol. The Labute approximate surface area is 177 Å². The van der Waals surface area contributed by atoms with Crippen LogP contribution >= 0.6 is 35.7 Å². The third-order valence-corrected chi connectivity index (χ3v) is 5.38. The first-order valence-corrected chi connectivity index (χ1v) is 10.5. The summed E-state index contributed by atoms with van der Waals surface area (Å²) in [5, 5.41) is 11.6. The average Bonchev–Trinajstić information content (AvgIpc) is 3.09. The van der Waals surface area contributed by atoms with Gasteiger partial charge in [-0.25, -0.2) is 4.99 Å². The van der Waals surface area contributed by atoms with E-state index in [1.165, 1.54) is 25.7 Å². The van der Waals surface area contributed by atoms with Crippen LogP contribution in [0.1, 0.15) is 64.3 Å². The number of hydrogen-bond acceptors (Lipinski definition) is 6. The molecule has 2 rings (SSSR count). The Morgan fingerprint density at radius 2 is 2.23 bits per heavy atom. The lowest BCUT2D eigenvalue weighted by Gasteiger charge is -2.29. The zero-order valence-corrected chi connectivity index (χ0v) is 19.3. The van der Waals surface area contributed by atoms with Crippen molar-refractivity contribution in [1.29, 1.82) is 0 Å². The first-order valence-electron chi connectivity index (χ1n) is 9.17. The Bertz CT molecular complexity index is 543. The van der Waals surface area contributed by atoms with Gasteiger partial charge in [-0.05, 0) is 46.3 Å². The van der Waals surface area contributed by atoms with Crippen molar-refractivity contribution in [3.8, 4) is 0 Å². The predicted molar refractivity (Wildman–Crippen MR) is 117 cm³/mol. The molecule has 7 nitrogen and oxygen atoms in total. The van der Waals surface area contributed by atoms with E-state index in [-0.39, 0.29) is 30.1 Å². The Morgan fingerprint density at radius 3 is 2.92 bits per heavy atom. The first kappa shape index (κ1) is 23.5. The lowest BCUT2D eigenvalue weighted by molar-refractivity contribution is 0.0683. The molecule has 1 fully saturated rings. The number of aromatic nitrogens is 2. The van der Waals surface area contributed by atoms with Crippen LogP contribution in [0.2, 0.25) is 0 Å². The summed E-state index contributed by atoms with van der Waals surface area (Å²) in [5.74, 6) is 1.89. The molecule has 0 amide bonds. The molecule has 1 aromatic rings. The fourth-order valence-corrected chi connectivity index (χ4v) is 3.80.